The Hall–Kier alpha value is -1.05. The lowest BCUT2D eigenvalue weighted by atomic mass is 10.0. The van der Waals surface area contributed by atoms with Crippen molar-refractivity contribution in [3.8, 4) is 0 Å². The Morgan fingerprint density at radius 3 is 2.58 bits per heavy atom. The van der Waals surface area contributed by atoms with Crippen LogP contribution in [0.15, 0.2) is 11.0 Å². The van der Waals surface area contributed by atoms with Gasteiger partial charge in [-0.05, 0) is 6.92 Å². The van der Waals surface area contributed by atoms with Crippen molar-refractivity contribution in [2.45, 2.75) is 37.3 Å². The van der Waals surface area contributed by atoms with Gasteiger partial charge in [-0.2, -0.15) is 6.42 Å². The van der Waals surface area contributed by atoms with Crippen molar-refractivity contribution in [2.24, 2.45) is 5.92 Å². The van der Waals surface area contributed by atoms with E-state index in [0.717, 1.165) is 11.8 Å². The van der Waals surface area contributed by atoms with Gasteiger partial charge in [-0.25, -0.2) is 0 Å². The van der Waals surface area contributed by atoms with Gasteiger partial charge in [-0.3, -0.25) is 14.9 Å². The number of aliphatic carboxylic acids is 2. The molecule has 0 spiro atoms. The second kappa shape index (κ2) is 6.93. The van der Waals surface area contributed by atoms with Crippen molar-refractivity contribution in [2.75, 3.05) is 0 Å². The van der Waals surface area contributed by atoms with E-state index in [4.69, 9.17) is 10.2 Å². The van der Waals surface area contributed by atoms with Crippen LogP contribution in [0.5, 0.6) is 0 Å². The van der Waals surface area contributed by atoms with E-state index in [0.29, 0.717) is 17.7 Å². The van der Waals surface area contributed by atoms with Crippen LogP contribution in [0.25, 0.3) is 0 Å². The molecule has 1 aliphatic heterocycles. The number of hydrogen-bond donors (Lipinski definition) is 4. The third kappa shape index (κ3) is 3.95. The minimum atomic E-state index is -1.15. The number of carboxylic acids is 2. The number of nitrogens with one attached hydrogen (secondary N) is 1. The van der Waals surface area contributed by atoms with Crippen LogP contribution in [0.2, 0.25) is 0 Å². The lowest BCUT2D eigenvalue weighted by Crippen LogP contribution is -2.45. The van der Waals surface area contributed by atoms with Gasteiger partial charge in [-0.1, -0.05) is 12.5 Å². The van der Waals surface area contributed by atoms with E-state index in [9.17, 15) is 14.7 Å². The maximum absolute atomic E-state index is 11.1. The minimum Gasteiger partial charge on any atom is -0.481 e. The van der Waals surface area contributed by atoms with Crippen molar-refractivity contribution in [1.82, 2.24) is 5.32 Å². The SMILES string of the molecule is [CH2-]CC/C=C1\S[C@H]([C@H](C(=O)O)[C@@H](C)O)N[C@H]1C(=O)O. The van der Waals surface area contributed by atoms with Gasteiger partial charge < -0.3 is 22.2 Å². The van der Waals surface area contributed by atoms with Crippen molar-refractivity contribution in [3.05, 3.63) is 17.9 Å². The molecule has 4 N–H and O–H groups in total. The first-order valence-electron chi connectivity index (χ1n) is 5.94. The largest absolute Gasteiger partial charge is 0.481 e. The predicted molar refractivity (Wildman–Crippen MR) is 71.4 cm³/mol. The number of unbranched alkanes of at least 4 members (excludes halogenated alkanes) is 1. The number of aliphatic hydroxyl groups excluding tert-OH is 1. The van der Waals surface area contributed by atoms with Crippen LogP contribution in [0, 0.1) is 12.8 Å². The number of carboxylic acid groups (broad SMARTS) is 2. The minimum absolute atomic E-state index is 0.577. The normalized spacial score (nSPS) is 28.3. The molecule has 6 nitrogen and oxygen atoms in total. The van der Waals surface area contributed by atoms with E-state index >= 15 is 0 Å². The molecule has 0 aromatic carbocycles. The summed E-state index contributed by atoms with van der Waals surface area (Å²) in [5.74, 6) is -3.26. The molecule has 1 aliphatic rings. The maximum Gasteiger partial charge on any atom is 0.325 e. The van der Waals surface area contributed by atoms with Gasteiger partial charge in [0.05, 0.1) is 11.5 Å². The summed E-state index contributed by atoms with van der Waals surface area (Å²) < 4.78 is 0. The molecule has 0 radical (unpaired) electrons. The third-order valence-corrected chi connectivity index (χ3v) is 4.16. The molecule has 0 bridgehead atoms. The Balaban J connectivity index is 2.90. The van der Waals surface area contributed by atoms with E-state index in [-0.39, 0.29) is 0 Å². The molecule has 1 saturated heterocycles. The highest BCUT2D eigenvalue weighted by Crippen LogP contribution is 2.36. The molecule has 19 heavy (non-hydrogen) atoms. The van der Waals surface area contributed by atoms with E-state index in [1.165, 1.54) is 6.92 Å². The smallest absolute Gasteiger partial charge is 0.325 e. The van der Waals surface area contributed by atoms with Crippen LogP contribution in [0.4, 0.5) is 0 Å². The van der Waals surface area contributed by atoms with E-state index < -0.39 is 35.4 Å². The van der Waals surface area contributed by atoms with Gasteiger partial charge in [-0.15, -0.1) is 11.8 Å². The highest BCUT2D eigenvalue weighted by molar-refractivity contribution is 8.04. The summed E-state index contributed by atoms with van der Waals surface area (Å²) in [7, 11) is 0. The molecule has 1 heterocycles. The standard InChI is InChI=1S/C12H18NO5S/c1-3-4-5-7-9(12(17)18)13-10(19-7)8(6(2)14)11(15)16/h5-6,8-10,13-14H,1,3-4H2,2H3,(H,15,16)(H,17,18)/q-1/b7-5-/t6-,8-,9-,10-/m1/s1. The van der Waals surface area contributed by atoms with Crippen molar-refractivity contribution in [1.29, 1.82) is 0 Å². The van der Waals surface area contributed by atoms with Crippen LogP contribution >= 0.6 is 11.8 Å². The first-order valence-corrected chi connectivity index (χ1v) is 6.82. The van der Waals surface area contributed by atoms with E-state index in [2.05, 4.69) is 12.2 Å². The first-order chi connectivity index (χ1) is 8.88. The predicted octanol–water partition coefficient (Wildman–Crippen LogP) is 0.682. The van der Waals surface area contributed by atoms with Crippen molar-refractivity contribution in [3.63, 3.8) is 0 Å². The molecule has 108 valence electrons. The lowest BCUT2D eigenvalue weighted by molar-refractivity contribution is -0.146. The average Bonchev–Trinajstić information content (AvgIpc) is 2.69. The Morgan fingerprint density at radius 2 is 2.16 bits per heavy atom. The van der Waals surface area contributed by atoms with Crippen LogP contribution in [-0.4, -0.2) is 44.8 Å². The van der Waals surface area contributed by atoms with Crippen LogP contribution in [0.3, 0.4) is 0 Å². The van der Waals surface area contributed by atoms with Crippen LogP contribution in [-0.2, 0) is 9.59 Å². The first kappa shape index (κ1) is 16.0. The Bertz CT molecular complexity index is 382. The molecule has 0 aromatic rings. The highest BCUT2D eigenvalue weighted by atomic mass is 32.2. The van der Waals surface area contributed by atoms with Gasteiger partial charge >= 0.3 is 11.9 Å². The second-order valence-electron chi connectivity index (χ2n) is 4.33. The van der Waals surface area contributed by atoms with E-state index in [1.54, 1.807) is 6.08 Å². The zero-order valence-electron chi connectivity index (χ0n) is 10.6. The maximum atomic E-state index is 11.1. The summed E-state index contributed by atoms with van der Waals surface area (Å²) in [6.45, 7) is 5.05. The molecule has 0 aromatic heterocycles. The van der Waals surface area contributed by atoms with E-state index in [1.807, 2.05) is 0 Å². The summed E-state index contributed by atoms with van der Waals surface area (Å²) in [4.78, 5) is 22.9. The molecule has 4 atom stereocenters. The molecule has 0 aliphatic carbocycles. The molecule has 7 heteroatoms. The van der Waals surface area contributed by atoms with Gasteiger partial charge in [0.15, 0.2) is 0 Å². The molecule has 1 rings (SSSR count). The molecule has 1 fully saturated rings. The zero-order valence-corrected chi connectivity index (χ0v) is 11.4. The van der Waals surface area contributed by atoms with Crippen LogP contribution < -0.4 is 5.32 Å². The summed E-state index contributed by atoms with van der Waals surface area (Å²) in [6, 6.07) is -0.915. The quantitative estimate of drug-likeness (QED) is 0.532. The Labute approximate surface area is 115 Å². The molecular formula is C12H18NO5S-. The van der Waals surface area contributed by atoms with Gasteiger partial charge in [0.25, 0.3) is 0 Å². The van der Waals surface area contributed by atoms with Crippen LogP contribution in [0.1, 0.15) is 19.8 Å². The molecule has 0 amide bonds. The number of rotatable bonds is 6. The van der Waals surface area contributed by atoms with Gasteiger partial charge in [0.1, 0.15) is 12.0 Å². The topological polar surface area (TPSA) is 107 Å². The lowest BCUT2D eigenvalue weighted by Gasteiger charge is -2.21. The summed E-state index contributed by atoms with van der Waals surface area (Å²) >= 11 is 1.15. The van der Waals surface area contributed by atoms with Gasteiger partial charge in [0.2, 0.25) is 0 Å². The molecule has 0 saturated carbocycles. The number of hydrogen-bond acceptors (Lipinski definition) is 5. The van der Waals surface area contributed by atoms with Crippen molar-refractivity contribution >= 4 is 23.7 Å². The number of carbonyl (C=O) groups is 2. The number of thioether (sulfide) groups is 1. The fraction of sp³-hybridized carbons (Fsp3) is 0.583. The Morgan fingerprint density at radius 1 is 1.53 bits per heavy atom. The van der Waals surface area contributed by atoms with Gasteiger partial charge in [0, 0.05) is 4.91 Å². The monoisotopic (exact) mass is 288 g/mol. The summed E-state index contributed by atoms with van der Waals surface area (Å²) in [6.07, 6.45) is 1.96. The highest BCUT2D eigenvalue weighted by Gasteiger charge is 2.42. The third-order valence-electron chi connectivity index (χ3n) is 2.81. The summed E-state index contributed by atoms with van der Waals surface area (Å²) in [5, 5.41) is 29.8. The fourth-order valence-corrected chi connectivity index (χ4v) is 3.37. The number of allylic oxidation sites excluding steroid dienone is 1. The zero-order chi connectivity index (χ0) is 14.6. The molecule has 0 unspecified atom stereocenters. The fourth-order valence-electron chi connectivity index (χ4n) is 1.86. The average molecular weight is 288 g/mol. The van der Waals surface area contributed by atoms with Crippen molar-refractivity contribution < 1.29 is 24.9 Å². The summed E-state index contributed by atoms with van der Waals surface area (Å²) in [5.41, 5.74) is 0. The second-order valence-corrected chi connectivity index (χ2v) is 5.54. The molecular weight excluding hydrogens is 270 g/mol. The Kier molecular flexibility index (Phi) is 5.84. The number of aliphatic hydroxyl groups is 1.